The second-order valence-electron chi connectivity index (χ2n) is 5.49. The molecule has 0 saturated carbocycles. The molecule has 2 fully saturated rings. The standard InChI is InChI=1S/C15H21FN2/c16-14-5-3-4-13(12-14)15(6-8-17-9-7-15)18-10-1-2-11-18/h3-5,12,17H,1-2,6-11H2. The van der Waals surface area contributed by atoms with Crippen LogP contribution in [0.15, 0.2) is 24.3 Å². The first-order valence-corrected chi connectivity index (χ1v) is 7.03. The molecule has 0 unspecified atom stereocenters. The van der Waals surface area contributed by atoms with E-state index in [0.717, 1.165) is 39.0 Å². The van der Waals surface area contributed by atoms with E-state index in [-0.39, 0.29) is 11.4 Å². The molecule has 0 spiro atoms. The zero-order valence-corrected chi connectivity index (χ0v) is 10.8. The molecule has 18 heavy (non-hydrogen) atoms. The molecule has 2 nitrogen and oxygen atoms in total. The van der Waals surface area contributed by atoms with E-state index in [1.807, 2.05) is 6.07 Å². The van der Waals surface area contributed by atoms with E-state index in [2.05, 4.69) is 16.3 Å². The number of nitrogens with zero attached hydrogens (tertiary/aromatic N) is 1. The highest BCUT2D eigenvalue weighted by atomic mass is 19.1. The number of rotatable bonds is 2. The summed E-state index contributed by atoms with van der Waals surface area (Å²) in [6.07, 6.45) is 4.75. The van der Waals surface area contributed by atoms with Crippen molar-refractivity contribution in [2.75, 3.05) is 26.2 Å². The molecule has 3 rings (SSSR count). The van der Waals surface area contributed by atoms with Gasteiger partial charge in [0.15, 0.2) is 0 Å². The summed E-state index contributed by atoms with van der Waals surface area (Å²) in [5.74, 6) is -0.107. The lowest BCUT2D eigenvalue weighted by molar-refractivity contribution is 0.0774. The van der Waals surface area contributed by atoms with E-state index in [9.17, 15) is 4.39 Å². The number of benzene rings is 1. The fourth-order valence-electron chi connectivity index (χ4n) is 3.55. The SMILES string of the molecule is Fc1cccc(C2(N3CCCC3)CCNCC2)c1. The van der Waals surface area contributed by atoms with Gasteiger partial charge < -0.3 is 5.32 Å². The van der Waals surface area contributed by atoms with Crippen molar-refractivity contribution in [2.45, 2.75) is 31.2 Å². The van der Waals surface area contributed by atoms with E-state index in [1.54, 1.807) is 12.1 Å². The fourth-order valence-corrected chi connectivity index (χ4v) is 3.55. The Kier molecular flexibility index (Phi) is 3.35. The van der Waals surface area contributed by atoms with Crippen molar-refractivity contribution in [3.8, 4) is 0 Å². The van der Waals surface area contributed by atoms with Gasteiger partial charge in [0.2, 0.25) is 0 Å². The largest absolute Gasteiger partial charge is 0.317 e. The maximum Gasteiger partial charge on any atom is 0.123 e. The molecule has 0 amide bonds. The van der Waals surface area contributed by atoms with Gasteiger partial charge in [0, 0.05) is 5.54 Å². The summed E-state index contributed by atoms with van der Waals surface area (Å²) >= 11 is 0. The summed E-state index contributed by atoms with van der Waals surface area (Å²) < 4.78 is 13.5. The normalized spacial score (nSPS) is 24.3. The number of hydrogen-bond donors (Lipinski definition) is 1. The number of hydrogen-bond acceptors (Lipinski definition) is 2. The minimum atomic E-state index is -0.107. The molecule has 0 bridgehead atoms. The molecule has 0 aromatic heterocycles. The summed E-state index contributed by atoms with van der Waals surface area (Å²) in [7, 11) is 0. The summed E-state index contributed by atoms with van der Waals surface area (Å²) in [6.45, 7) is 4.40. The molecular weight excluding hydrogens is 227 g/mol. The molecule has 0 radical (unpaired) electrons. The van der Waals surface area contributed by atoms with Gasteiger partial charge >= 0.3 is 0 Å². The van der Waals surface area contributed by atoms with Crippen LogP contribution in [0.5, 0.6) is 0 Å². The average Bonchev–Trinajstić information content (AvgIpc) is 2.94. The Bertz CT molecular complexity index is 407. The number of halogens is 1. The summed E-state index contributed by atoms with van der Waals surface area (Å²) in [4.78, 5) is 2.59. The van der Waals surface area contributed by atoms with Crippen LogP contribution >= 0.6 is 0 Å². The predicted octanol–water partition coefficient (Wildman–Crippen LogP) is 2.50. The van der Waals surface area contributed by atoms with Gasteiger partial charge in [-0.3, -0.25) is 4.90 Å². The van der Waals surface area contributed by atoms with Crippen LogP contribution in [0.4, 0.5) is 4.39 Å². The van der Waals surface area contributed by atoms with Crippen LogP contribution in [0, 0.1) is 5.82 Å². The monoisotopic (exact) mass is 248 g/mol. The highest BCUT2D eigenvalue weighted by Crippen LogP contribution is 2.39. The summed E-state index contributed by atoms with van der Waals surface area (Å²) in [6, 6.07) is 7.24. The van der Waals surface area contributed by atoms with E-state index >= 15 is 0 Å². The van der Waals surface area contributed by atoms with Gasteiger partial charge in [-0.25, -0.2) is 4.39 Å². The minimum Gasteiger partial charge on any atom is -0.317 e. The van der Waals surface area contributed by atoms with Gasteiger partial charge in [-0.1, -0.05) is 12.1 Å². The highest BCUT2D eigenvalue weighted by Gasteiger charge is 2.40. The molecule has 1 aromatic carbocycles. The Morgan fingerprint density at radius 3 is 2.50 bits per heavy atom. The molecule has 2 aliphatic heterocycles. The van der Waals surface area contributed by atoms with Crippen molar-refractivity contribution in [3.63, 3.8) is 0 Å². The molecule has 0 aliphatic carbocycles. The number of nitrogens with one attached hydrogen (secondary N) is 1. The van der Waals surface area contributed by atoms with E-state index in [0.29, 0.717) is 0 Å². The summed E-state index contributed by atoms with van der Waals surface area (Å²) in [5.41, 5.74) is 1.25. The Morgan fingerprint density at radius 2 is 1.83 bits per heavy atom. The minimum absolute atomic E-state index is 0.0733. The predicted molar refractivity (Wildman–Crippen MR) is 71.0 cm³/mol. The Labute approximate surface area is 108 Å². The highest BCUT2D eigenvalue weighted by molar-refractivity contribution is 5.27. The first-order chi connectivity index (χ1) is 8.81. The molecule has 98 valence electrons. The lowest BCUT2D eigenvalue weighted by Crippen LogP contribution is -2.51. The third-order valence-electron chi connectivity index (χ3n) is 4.50. The Morgan fingerprint density at radius 1 is 1.11 bits per heavy atom. The summed E-state index contributed by atoms with van der Waals surface area (Å²) in [5, 5.41) is 3.43. The topological polar surface area (TPSA) is 15.3 Å². The molecule has 1 aromatic rings. The molecule has 0 atom stereocenters. The maximum atomic E-state index is 13.5. The number of likely N-dealkylation sites (tertiary alicyclic amines) is 1. The zero-order chi connectivity index (χ0) is 12.4. The molecule has 3 heteroatoms. The second kappa shape index (κ2) is 4.98. The molecular formula is C15H21FN2. The quantitative estimate of drug-likeness (QED) is 0.865. The third-order valence-corrected chi connectivity index (χ3v) is 4.50. The van der Waals surface area contributed by atoms with Crippen LogP contribution in [0.1, 0.15) is 31.2 Å². The second-order valence-corrected chi connectivity index (χ2v) is 5.49. The van der Waals surface area contributed by atoms with E-state index in [1.165, 1.54) is 18.4 Å². The van der Waals surface area contributed by atoms with E-state index in [4.69, 9.17) is 0 Å². The molecule has 2 heterocycles. The number of piperidine rings is 1. The van der Waals surface area contributed by atoms with Crippen LogP contribution in [0.3, 0.4) is 0 Å². The van der Waals surface area contributed by atoms with Gasteiger partial charge in [-0.05, 0) is 69.6 Å². The van der Waals surface area contributed by atoms with Gasteiger partial charge in [0.25, 0.3) is 0 Å². The van der Waals surface area contributed by atoms with Crippen molar-refractivity contribution in [1.82, 2.24) is 10.2 Å². The third kappa shape index (κ3) is 2.06. The zero-order valence-electron chi connectivity index (χ0n) is 10.8. The Balaban J connectivity index is 1.98. The van der Waals surface area contributed by atoms with Crippen LogP contribution in [-0.4, -0.2) is 31.1 Å². The van der Waals surface area contributed by atoms with Crippen molar-refractivity contribution in [2.24, 2.45) is 0 Å². The van der Waals surface area contributed by atoms with Crippen LogP contribution in [0.2, 0.25) is 0 Å². The van der Waals surface area contributed by atoms with Gasteiger partial charge in [-0.2, -0.15) is 0 Å². The average molecular weight is 248 g/mol. The van der Waals surface area contributed by atoms with Crippen LogP contribution in [-0.2, 0) is 5.54 Å². The molecule has 1 N–H and O–H groups in total. The van der Waals surface area contributed by atoms with Crippen molar-refractivity contribution in [3.05, 3.63) is 35.6 Å². The van der Waals surface area contributed by atoms with Gasteiger partial charge in [-0.15, -0.1) is 0 Å². The fraction of sp³-hybridized carbons (Fsp3) is 0.600. The van der Waals surface area contributed by atoms with Crippen molar-refractivity contribution >= 4 is 0 Å². The molecule has 2 aliphatic rings. The smallest absolute Gasteiger partial charge is 0.123 e. The first-order valence-electron chi connectivity index (χ1n) is 7.03. The lowest BCUT2D eigenvalue weighted by Gasteiger charge is -2.45. The Hall–Kier alpha value is -0.930. The lowest BCUT2D eigenvalue weighted by atomic mass is 9.80. The van der Waals surface area contributed by atoms with Crippen LogP contribution < -0.4 is 5.32 Å². The molecule has 2 saturated heterocycles. The van der Waals surface area contributed by atoms with Crippen molar-refractivity contribution < 1.29 is 4.39 Å². The first kappa shape index (κ1) is 12.1. The van der Waals surface area contributed by atoms with Gasteiger partial charge in [0.05, 0.1) is 0 Å². The van der Waals surface area contributed by atoms with Gasteiger partial charge in [0.1, 0.15) is 5.82 Å². The maximum absolute atomic E-state index is 13.5. The van der Waals surface area contributed by atoms with Crippen LogP contribution in [0.25, 0.3) is 0 Å². The van der Waals surface area contributed by atoms with E-state index < -0.39 is 0 Å². The van der Waals surface area contributed by atoms with Crippen molar-refractivity contribution in [1.29, 1.82) is 0 Å².